The van der Waals surface area contributed by atoms with Crippen LogP contribution in [0.3, 0.4) is 0 Å². The van der Waals surface area contributed by atoms with Crippen LogP contribution in [0.5, 0.6) is 0 Å². The van der Waals surface area contributed by atoms with Crippen LogP contribution in [-0.4, -0.2) is 6.04 Å². The summed E-state index contributed by atoms with van der Waals surface area (Å²) in [4.78, 5) is 0. The average Bonchev–Trinajstić information content (AvgIpc) is 2.35. The number of benzene rings is 1. The van der Waals surface area contributed by atoms with E-state index in [1.807, 2.05) is 18.2 Å². The molecule has 1 N–H and O–H groups in total. The molecule has 0 aromatic heterocycles. The van der Waals surface area contributed by atoms with Crippen molar-refractivity contribution in [1.82, 2.24) is 5.32 Å². The van der Waals surface area contributed by atoms with Gasteiger partial charge in [-0.15, -0.1) is 0 Å². The first-order chi connectivity index (χ1) is 7.67. The summed E-state index contributed by atoms with van der Waals surface area (Å²) in [5.41, 5.74) is 1.91. The van der Waals surface area contributed by atoms with Crippen LogP contribution in [0.1, 0.15) is 38.3 Å². The zero-order valence-electron chi connectivity index (χ0n) is 10.3. The van der Waals surface area contributed by atoms with Crippen molar-refractivity contribution in [2.45, 2.75) is 39.8 Å². The first kappa shape index (κ1) is 12.7. The predicted molar refractivity (Wildman–Crippen MR) is 66.9 cm³/mol. The van der Waals surface area contributed by atoms with E-state index < -0.39 is 0 Å². The maximum Gasteiger partial charge on any atom is 0.0991 e. The maximum absolute atomic E-state index is 8.80. The van der Waals surface area contributed by atoms with E-state index in [0.717, 1.165) is 12.1 Å². The summed E-state index contributed by atoms with van der Waals surface area (Å²) in [6.07, 6.45) is 1.19. The van der Waals surface area contributed by atoms with Crippen molar-refractivity contribution in [3.8, 4) is 6.07 Å². The number of nitrogens with one attached hydrogen (secondary N) is 1. The van der Waals surface area contributed by atoms with Crippen LogP contribution in [0.25, 0.3) is 0 Å². The number of nitriles is 1. The molecule has 0 aliphatic rings. The number of hydrogen-bond acceptors (Lipinski definition) is 2. The Bertz CT molecular complexity index is 365. The quantitative estimate of drug-likeness (QED) is 0.821. The first-order valence-electron chi connectivity index (χ1n) is 5.89. The van der Waals surface area contributed by atoms with E-state index in [0.29, 0.717) is 12.0 Å². The van der Waals surface area contributed by atoms with Crippen LogP contribution in [0.2, 0.25) is 0 Å². The minimum Gasteiger partial charge on any atom is -0.310 e. The highest BCUT2D eigenvalue weighted by Crippen LogP contribution is 2.09. The van der Waals surface area contributed by atoms with Crippen LogP contribution in [-0.2, 0) is 6.54 Å². The van der Waals surface area contributed by atoms with Gasteiger partial charge in [0.25, 0.3) is 0 Å². The molecule has 0 bridgehead atoms. The van der Waals surface area contributed by atoms with Gasteiger partial charge in [-0.2, -0.15) is 5.26 Å². The van der Waals surface area contributed by atoms with E-state index in [1.54, 1.807) is 0 Å². The van der Waals surface area contributed by atoms with Crippen molar-refractivity contribution in [3.63, 3.8) is 0 Å². The van der Waals surface area contributed by atoms with Gasteiger partial charge in [0.15, 0.2) is 0 Å². The molecule has 16 heavy (non-hydrogen) atoms. The van der Waals surface area contributed by atoms with E-state index in [-0.39, 0.29) is 0 Å². The second kappa shape index (κ2) is 6.30. The van der Waals surface area contributed by atoms with Gasteiger partial charge in [-0.3, -0.25) is 0 Å². The van der Waals surface area contributed by atoms with Crippen molar-refractivity contribution >= 4 is 0 Å². The topological polar surface area (TPSA) is 35.8 Å². The zero-order chi connectivity index (χ0) is 12.0. The molecular formula is C14H20N2. The van der Waals surface area contributed by atoms with E-state index in [9.17, 15) is 0 Å². The summed E-state index contributed by atoms with van der Waals surface area (Å²) in [7, 11) is 0. The summed E-state index contributed by atoms with van der Waals surface area (Å²) in [6, 6.07) is 10.4. The molecule has 2 unspecified atom stereocenters. The molecule has 1 rings (SSSR count). The highest BCUT2D eigenvalue weighted by atomic mass is 14.9. The van der Waals surface area contributed by atoms with E-state index in [2.05, 4.69) is 38.2 Å². The summed E-state index contributed by atoms with van der Waals surface area (Å²) in [5.74, 6) is 0.680. The highest BCUT2D eigenvalue weighted by Gasteiger charge is 2.08. The third-order valence-electron chi connectivity index (χ3n) is 3.18. The SMILES string of the molecule is CCC(C)C(C)NCc1cccc(C#N)c1. The monoisotopic (exact) mass is 216 g/mol. The fourth-order valence-corrected chi connectivity index (χ4v) is 1.58. The third kappa shape index (κ3) is 3.67. The molecule has 86 valence electrons. The molecule has 1 aromatic carbocycles. The van der Waals surface area contributed by atoms with Crippen molar-refractivity contribution in [2.24, 2.45) is 5.92 Å². The number of hydrogen-bond donors (Lipinski definition) is 1. The summed E-state index contributed by atoms with van der Waals surface area (Å²) < 4.78 is 0. The fourth-order valence-electron chi connectivity index (χ4n) is 1.58. The Balaban J connectivity index is 2.51. The standard InChI is InChI=1S/C14H20N2/c1-4-11(2)12(3)16-10-14-7-5-6-13(8-14)9-15/h5-8,11-12,16H,4,10H2,1-3H3. The van der Waals surface area contributed by atoms with Gasteiger partial charge in [0.05, 0.1) is 11.6 Å². The second-order valence-corrected chi connectivity index (χ2v) is 4.37. The Labute approximate surface area is 98.3 Å². The molecule has 0 saturated carbocycles. The minimum atomic E-state index is 0.510. The molecule has 2 nitrogen and oxygen atoms in total. The Morgan fingerprint density at radius 1 is 1.38 bits per heavy atom. The van der Waals surface area contributed by atoms with E-state index in [1.165, 1.54) is 12.0 Å². The molecule has 2 atom stereocenters. The predicted octanol–water partition coefficient (Wildman–Crippen LogP) is 3.08. The van der Waals surface area contributed by atoms with Crippen molar-refractivity contribution < 1.29 is 0 Å². The van der Waals surface area contributed by atoms with Gasteiger partial charge in [0.1, 0.15) is 0 Å². The molecule has 0 fully saturated rings. The molecule has 0 radical (unpaired) electrons. The summed E-state index contributed by atoms with van der Waals surface area (Å²) in [5, 5.41) is 12.3. The molecule has 0 aliphatic heterocycles. The lowest BCUT2D eigenvalue weighted by Crippen LogP contribution is -2.31. The smallest absolute Gasteiger partial charge is 0.0991 e. The van der Waals surface area contributed by atoms with Gasteiger partial charge in [0, 0.05) is 12.6 Å². The molecule has 0 heterocycles. The van der Waals surface area contributed by atoms with Gasteiger partial charge in [-0.05, 0) is 30.5 Å². The Morgan fingerprint density at radius 2 is 2.12 bits per heavy atom. The zero-order valence-corrected chi connectivity index (χ0v) is 10.3. The molecule has 1 aromatic rings. The van der Waals surface area contributed by atoms with Crippen LogP contribution >= 0.6 is 0 Å². The van der Waals surface area contributed by atoms with Crippen LogP contribution in [0.15, 0.2) is 24.3 Å². The molecule has 2 heteroatoms. The fraction of sp³-hybridized carbons (Fsp3) is 0.500. The summed E-state index contributed by atoms with van der Waals surface area (Å²) in [6.45, 7) is 7.51. The molecule has 0 aliphatic carbocycles. The van der Waals surface area contributed by atoms with Crippen molar-refractivity contribution in [3.05, 3.63) is 35.4 Å². The average molecular weight is 216 g/mol. The van der Waals surface area contributed by atoms with E-state index >= 15 is 0 Å². The number of rotatable bonds is 5. The van der Waals surface area contributed by atoms with Gasteiger partial charge in [0.2, 0.25) is 0 Å². The van der Waals surface area contributed by atoms with E-state index in [4.69, 9.17) is 5.26 Å². The first-order valence-corrected chi connectivity index (χ1v) is 5.89. The molecular weight excluding hydrogens is 196 g/mol. The summed E-state index contributed by atoms with van der Waals surface area (Å²) >= 11 is 0. The lowest BCUT2D eigenvalue weighted by atomic mass is 10.0. The Kier molecular flexibility index (Phi) is 5.01. The lowest BCUT2D eigenvalue weighted by Gasteiger charge is -2.19. The maximum atomic E-state index is 8.80. The minimum absolute atomic E-state index is 0.510. The van der Waals surface area contributed by atoms with Crippen LogP contribution in [0, 0.1) is 17.2 Å². The normalized spacial score (nSPS) is 14.1. The third-order valence-corrected chi connectivity index (χ3v) is 3.18. The van der Waals surface area contributed by atoms with Crippen LogP contribution < -0.4 is 5.32 Å². The van der Waals surface area contributed by atoms with Crippen LogP contribution in [0.4, 0.5) is 0 Å². The molecule has 0 saturated heterocycles. The van der Waals surface area contributed by atoms with Crippen molar-refractivity contribution in [1.29, 1.82) is 5.26 Å². The molecule has 0 amide bonds. The van der Waals surface area contributed by atoms with Crippen molar-refractivity contribution in [2.75, 3.05) is 0 Å². The van der Waals surface area contributed by atoms with Gasteiger partial charge in [-0.25, -0.2) is 0 Å². The molecule has 0 spiro atoms. The second-order valence-electron chi connectivity index (χ2n) is 4.37. The lowest BCUT2D eigenvalue weighted by molar-refractivity contribution is 0.389. The van der Waals surface area contributed by atoms with Gasteiger partial charge in [-0.1, -0.05) is 32.4 Å². The Morgan fingerprint density at radius 3 is 2.75 bits per heavy atom. The number of nitrogens with zero attached hydrogens (tertiary/aromatic N) is 1. The van der Waals surface area contributed by atoms with Gasteiger partial charge >= 0.3 is 0 Å². The Hall–Kier alpha value is -1.33. The van der Waals surface area contributed by atoms with Gasteiger partial charge < -0.3 is 5.32 Å². The highest BCUT2D eigenvalue weighted by molar-refractivity contribution is 5.32. The largest absolute Gasteiger partial charge is 0.310 e.